The Kier molecular flexibility index (Phi) is 3.12. The summed E-state index contributed by atoms with van der Waals surface area (Å²) in [6.07, 6.45) is 3.31. The number of fused-ring (bicyclic) bond motifs is 1. The summed E-state index contributed by atoms with van der Waals surface area (Å²) in [7, 11) is 4.27. The number of likely N-dealkylation sites (N-methyl/N-ethyl adjacent to an activating group) is 1. The molecule has 18 heavy (non-hydrogen) atoms. The van der Waals surface area contributed by atoms with E-state index in [9.17, 15) is 4.39 Å². The maximum absolute atomic E-state index is 14.0. The Labute approximate surface area is 108 Å². The molecule has 1 aromatic rings. The minimum atomic E-state index is -0.0108. The number of hydrogen-bond donors (Lipinski definition) is 0. The van der Waals surface area contributed by atoms with Crippen molar-refractivity contribution in [1.29, 1.82) is 0 Å². The fraction of sp³-hybridized carbons (Fsp3) is 0.600. The number of aryl methyl sites for hydroxylation is 1. The molecule has 2 aliphatic rings. The van der Waals surface area contributed by atoms with E-state index >= 15 is 0 Å². The predicted molar refractivity (Wildman–Crippen MR) is 71.1 cm³/mol. The third-order valence-corrected chi connectivity index (χ3v) is 4.53. The minimum absolute atomic E-state index is 0.0108. The summed E-state index contributed by atoms with van der Waals surface area (Å²) < 4.78 is 14.0. The molecule has 3 rings (SSSR count). The first kappa shape index (κ1) is 12.1. The molecule has 2 nitrogen and oxygen atoms in total. The van der Waals surface area contributed by atoms with Crippen molar-refractivity contribution in [1.82, 2.24) is 9.80 Å². The van der Waals surface area contributed by atoms with Crippen molar-refractivity contribution in [3.63, 3.8) is 0 Å². The molecule has 0 spiro atoms. The largest absolute Gasteiger partial charge is 0.305 e. The molecule has 1 saturated heterocycles. The van der Waals surface area contributed by atoms with Gasteiger partial charge in [0.1, 0.15) is 5.82 Å². The van der Waals surface area contributed by atoms with E-state index in [1.54, 1.807) is 6.07 Å². The van der Waals surface area contributed by atoms with Crippen LogP contribution in [0.25, 0.3) is 0 Å². The van der Waals surface area contributed by atoms with Gasteiger partial charge in [0, 0.05) is 30.7 Å². The Bertz CT molecular complexity index is 444. The van der Waals surface area contributed by atoms with Crippen LogP contribution < -0.4 is 0 Å². The van der Waals surface area contributed by atoms with Crippen LogP contribution in [-0.4, -0.2) is 43.0 Å². The lowest BCUT2D eigenvalue weighted by molar-refractivity contribution is 0.213. The quantitative estimate of drug-likeness (QED) is 0.793. The molecule has 1 heterocycles. The van der Waals surface area contributed by atoms with Gasteiger partial charge in [-0.3, -0.25) is 4.90 Å². The van der Waals surface area contributed by atoms with E-state index in [0.29, 0.717) is 12.1 Å². The van der Waals surface area contributed by atoms with Gasteiger partial charge in [0.15, 0.2) is 0 Å². The van der Waals surface area contributed by atoms with Gasteiger partial charge < -0.3 is 4.90 Å². The monoisotopic (exact) mass is 248 g/mol. The molecule has 2 atom stereocenters. The van der Waals surface area contributed by atoms with Crippen molar-refractivity contribution in [2.45, 2.75) is 31.3 Å². The van der Waals surface area contributed by atoms with Crippen LogP contribution in [0, 0.1) is 5.82 Å². The van der Waals surface area contributed by atoms with Crippen LogP contribution >= 0.6 is 0 Å². The van der Waals surface area contributed by atoms with Gasteiger partial charge in [-0.05, 0) is 45.0 Å². The number of hydrogen-bond acceptors (Lipinski definition) is 2. The zero-order valence-electron chi connectivity index (χ0n) is 11.2. The SMILES string of the molecule is CN(C)[C@@H]1CCN(C2CCc3cccc(F)c32)C1. The van der Waals surface area contributed by atoms with Gasteiger partial charge in [-0.15, -0.1) is 0 Å². The Morgan fingerprint density at radius 2 is 2.11 bits per heavy atom. The van der Waals surface area contributed by atoms with Crippen molar-refractivity contribution in [3.05, 3.63) is 35.1 Å². The number of nitrogens with zero attached hydrogens (tertiary/aromatic N) is 2. The topological polar surface area (TPSA) is 6.48 Å². The fourth-order valence-electron chi connectivity index (χ4n) is 3.45. The molecule has 1 aliphatic heterocycles. The van der Waals surface area contributed by atoms with Gasteiger partial charge in [0.05, 0.1) is 0 Å². The second-order valence-electron chi connectivity index (χ2n) is 5.77. The number of halogens is 1. The molecular weight excluding hydrogens is 227 g/mol. The Morgan fingerprint density at radius 3 is 2.83 bits per heavy atom. The summed E-state index contributed by atoms with van der Waals surface area (Å²) in [6, 6.07) is 6.46. The lowest BCUT2D eigenvalue weighted by Gasteiger charge is -2.26. The molecule has 1 aromatic carbocycles. The third-order valence-electron chi connectivity index (χ3n) is 4.53. The summed E-state index contributed by atoms with van der Waals surface area (Å²) in [5.41, 5.74) is 2.19. The van der Waals surface area contributed by atoms with Crippen molar-refractivity contribution < 1.29 is 4.39 Å². The summed E-state index contributed by atoms with van der Waals surface area (Å²) in [6.45, 7) is 2.17. The van der Waals surface area contributed by atoms with Crippen molar-refractivity contribution in [2.75, 3.05) is 27.2 Å². The highest BCUT2D eigenvalue weighted by Gasteiger charge is 2.35. The Morgan fingerprint density at radius 1 is 1.28 bits per heavy atom. The van der Waals surface area contributed by atoms with E-state index in [4.69, 9.17) is 0 Å². The highest BCUT2D eigenvalue weighted by Crippen LogP contribution is 2.39. The molecule has 3 heteroatoms. The molecule has 0 aromatic heterocycles. The standard InChI is InChI=1S/C15H21FN2/c1-17(2)12-8-9-18(10-12)14-7-6-11-4-3-5-13(16)15(11)14/h3-5,12,14H,6-10H2,1-2H3/t12-,14?/m1/s1. The van der Waals surface area contributed by atoms with E-state index in [2.05, 4.69) is 30.0 Å². The first-order chi connectivity index (χ1) is 8.66. The van der Waals surface area contributed by atoms with Crippen LogP contribution in [0.4, 0.5) is 4.39 Å². The maximum atomic E-state index is 14.0. The van der Waals surface area contributed by atoms with Crippen molar-refractivity contribution in [2.24, 2.45) is 0 Å². The van der Waals surface area contributed by atoms with Crippen LogP contribution in [0.3, 0.4) is 0 Å². The Hall–Kier alpha value is -0.930. The second-order valence-corrected chi connectivity index (χ2v) is 5.77. The summed E-state index contributed by atoms with van der Waals surface area (Å²) in [5, 5.41) is 0. The molecule has 0 N–H and O–H groups in total. The predicted octanol–water partition coefficient (Wildman–Crippen LogP) is 2.45. The average molecular weight is 248 g/mol. The summed E-state index contributed by atoms with van der Waals surface area (Å²) in [4.78, 5) is 4.76. The molecule has 1 unspecified atom stereocenters. The zero-order chi connectivity index (χ0) is 12.7. The third kappa shape index (κ3) is 1.95. The van der Waals surface area contributed by atoms with E-state index in [1.165, 1.54) is 12.0 Å². The molecule has 0 bridgehead atoms. The summed E-state index contributed by atoms with van der Waals surface area (Å²) in [5.74, 6) is -0.0108. The van der Waals surface area contributed by atoms with Gasteiger partial charge in [-0.1, -0.05) is 12.1 Å². The molecule has 1 fully saturated rings. The highest BCUT2D eigenvalue weighted by molar-refractivity contribution is 5.36. The smallest absolute Gasteiger partial charge is 0.128 e. The van der Waals surface area contributed by atoms with Gasteiger partial charge in [0.2, 0.25) is 0 Å². The molecule has 1 aliphatic carbocycles. The average Bonchev–Trinajstić information content (AvgIpc) is 2.94. The zero-order valence-corrected chi connectivity index (χ0v) is 11.2. The van der Waals surface area contributed by atoms with Gasteiger partial charge in [-0.25, -0.2) is 4.39 Å². The first-order valence-electron chi connectivity index (χ1n) is 6.84. The first-order valence-corrected chi connectivity index (χ1v) is 6.84. The maximum Gasteiger partial charge on any atom is 0.128 e. The van der Waals surface area contributed by atoms with Gasteiger partial charge in [-0.2, -0.15) is 0 Å². The van der Waals surface area contributed by atoms with Crippen LogP contribution in [0.2, 0.25) is 0 Å². The van der Waals surface area contributed by atoms with Crippen LogP contribution in [0.15, 0.2) is 18.2 Å². The number of benzene rings is 1. The number of likely N-dealkylation sites (tertiary alicyclic amines) is 1. The van der Waals surface area contributed by atoms with E-state index in [1.807, 2.05) is 6.07 Å². The van der Waals surface area contributed by atoms with Gasteiger partial charge >= 0.3 is 0 Å². The molecule has 0 amide bonds. The lowest BCUT2D eigenvalue weighted by Crippen LogP contribution is -2.33. The van der Waals surface area contributed by atoms with Crippen LogP contribution in [0.5, 0.6) is 0 Å². The molecule has 0 saturated carbocycles. The molecule has 98 valence electrons. The van der Waals surface area contributed by atoms with Gasteiger partial charge in [0.25, 0.3) is 0 Å². The molecule has 0 radical (unpaired) electrons. The second kappa shape index (κ2) is 4.63. The Balaban J connectivity index is 1.81. The molecular formula is C15H21FN2. The fourth-order valence-corrected chi connectivity index (χ4v) is 3.45. The van der Waals surface area contributed by atoms with Crippen molar-refractivity contribution in [3.8, 4) is 0 Å². The number of rotatable bonds is 2. The normalized spacial score (nSPS) is 28.0. The van der Waals surface area contributed by atoms with E-state index in [-0.39, 0.29) is 5.82 Å². The van der Waals surface area contributed by atoms with Crippen molar-refractivity contribution >= 4 is 0 Å². The van der Waals surface area contributed by atoms with E-state index in [0.717, 1.165) is 31.5 Å². The van der Waals surface area contributed by atoms with Crippen LogP contribution in [-0.2, 0) is 6.42 Å². The summed E-state index contributed by atoms with van der Waals surface area (Å²) >= 11 is 0. The lowest BCUT2D eigenvalue weighted by atomic mass is 10.1. The van der Waals surface area contributed by atoms with Crippen LogP contribution in [0.1, 0.15) is 30.0 Å². The highest BCUT2D eigenvalue weighted by atomic mass is 19.1. The minimum Gasteiger partial charge on any atom is -0.305 e. The van der Waals surface area contributed by atoms with E-state index < -0.39 is 0 Å².